The summed E-state index contributed by atoms with van der Waals surface area (Å²) in [6, 6.07) is 5.69. The Morgan fingerprint density at radius 1 is 1.50 bits per heavy atom. The highest BCUT2D eigenvalue weighted by atomic mass is 16.3. The second kappa shape index (κ2) is 6.50. The predicted molar refractivity (Wildman–Crippen MR) is 71.0 cm³/mol. The molecule has 1 amide bonds. The SMILES string of the molecule is CCC(C)(C)C(O)C(=O)NCCc1ccccn1. The lowest BCUT2D eigenvalue weighted by molar-refractivity contribution is -0.135. The molecule has 0 saturated carbocycles. The van der Waals surface area contributed by atoms with Crippen LogP contribution in [0.5, 0.6) is 0 Å². The van der Waals surface area contributed by atoms with Crippen LogP contribution in [0.25, 0.3) is 0 Å². The number of pyridine rings is 1. The van der Waals surface area contributed by atoms with E-state index in [4.69, 9.17) is 0 Å². The summed E-state index contributed by atoms with van der Waals surface area (Å²) in [7, 11) is 0. The van der Waals surface area contributed by atoms with Crippen molar-refractivity contribution in [2.45, 2.75) is 39.7 Å². The lowest BCUT2D eigenvalue weighted by Gasteiger charge is -2.28. The molecule has 0 aliphatic rings. The molecule has 1 unspecified atom stereocenters. The average molecular weight is 250 g/mol. The molecular weight excluding hydrogens is 228 g/mol. The zero-order chi connectivity index (χ0) is 13.6. The molecule has 18 heavy (non-hydrogen) atoms. The van der Waals surface area contributed by atoms with Gasteiger partial charge in [-0.1, -0.05) is 26.8 Å². The molecule has 4 nitrogen and oxygen atoms in total. The fourth-order valence-corrected chi connectivity index (χ4v) is 1.50. The summed E-state index contributed by atoms with van der Waals surface area (Å²) in [6.45, 7) is 6.23. The van der Waals surface area contributed by atoms with Crippen LogP contribution in [0, 0.1) is 5.41 Å². The highest BCUT2D eigenvalue weighted by molar-refractivity contribution is 5.81. The number of hydrogen-bond acceptors (Lipinski definition) is 3. The molecule has 0 aliphatic heterocycles. The minimum Gasteiger partial charge on any atom is -0.383 e. The summed E-state index contributed by atoms with van der Waals surface area (Å²) in [4.78, 5) is 15.9. The van der Waals surface area contributed by atoms with E-state index in [1.807, 2.05) is 39.0 Å². The molecule has 0 spiro atoms. The maximum atomic E-state index is 11.8. The number of carbonyl (C=O) groups excluding carboxylic acids is 1. The molecule has 1 atom stereocenters. The predicted octanol–water partition coefficient (Wildman–Crippen LogP) is 1.54. The molecular formula is C14H22N2O2. The first-order valence-corrected chi connectivity index (χ1v) is 6.33. The first-order valence-electron chi connectivity index (χ1n) is 6.33. The van der Waals surface area contributed by atoms with Crippen molar-refractivity contribution in [1.29, 1.82) is 0 Å². The van der Waals surface area contributed by atoms with Gasteiger partial charge in [-0.2, -0.15) is 0 Å². The fourth-order valence-electron chi connectivity index (χ4n) is 1.50. The summed E-state index contributed by atoms with van der Waals surface area (Å²) >= 11 is 0. The minimum absolute atomic E-state index is 0.308. The van der Waals surface area contributed by atoms with Crippen LogP contribution in [-0.4, -0.2) is 28.6 Å². The zero-order valence-corrected chi connectivity index (χ0v) is 11.3. The number of amides is 1. The summed E-state index contributed by atoms with van der Waals surface area (Å²) in [6.07, 6.45) is 2.19. The van der Waals surface area contributed by atoms with Crippen LogP contribution in [0.4, 0.5) is 0 Å². The Kier molecular flexibility index (Phi) is 5.28. The van der Waals surface area contributed by atoms with E-state index in [1.165, 1.54) is 0 Å². The van der Waals surface area contributed by atoms with Gasteiger partial charge in [0.15, 0.2) is 0 Å². The number of carbonyl (C=O) groups is 1. The molecule has 4 heteroatoms. The van der Waals surface area contributed by atoms with Gasteiger partial charge in [0.05, 0.1) is 0 Å². The number of hydrogen-bond donors (Lipinski definition) is 2. The van der Waals surface area contributed by atoms with Crippen LogP contribution in [0.3, 0.4) is 0 Å². The third-order valence-electron chi connectivity index (χ3n) is 3.31. The van der Waals surface area contributed by atoms with E-state index in [-0.39, 0.29) is 5.91 Å². The number of nitrogens with zero attached hydrogens (tertiary/aromatic N) is 1. The third kappa shape index (κ3) is 4.11. The Bertz CT molecular complexity index is 377. The number of aliphatic hydroxyl groups excluding tert-OH is 1. The fraction of sp³-hybridized carbons (Fsp3) is 0.571. The Morgan fingerprint density at radius 2 is 2.22 bits per heavy atom. The molecule has 1 rings (SSSR count). The van der Waals surface area contributed by atoms with E-state index >= 15 is 0 Å². The lowest BCUT2D eigenvalue weighted by Crippen LogP contribution is -2.44. The van der Waals surface area contributed by atoms with Gasteiger partial charge in [-0.15, -0.1) is 0 Å². The molecule has 0 saturated heterocycles. The molecule has 1 aromatic heterocycles. The molecule has 1 heterocycles. The molecule has 0 fully saturated rings. The summed E-state index contributed by atoms with van der Waals surface area (Å²) in [5, 5.41) is 12.7. The van der Waals surface area contributed by atoms with Gasteiger partial charge >= 0.3 is 0 Å². The standard InChI is InChI=1S/C14H22N2O2/c1-4-14(2,3)12(17)13(18)16-10-8-11-7-5-6-9-15-11/h5-7,9,12,17H,4,8,10H2,1-3H3,(H,16,18). The van der Waals surface area contributed by atoms with Gasteiger partial charge in [-0.05, 0) is 24.0 Å². The molecule has 0 radical (unpaired) electrons. The first-order chi connectivity index (χ1) is 8.47. The van der Waals surface area contributed by atoms with Crippen LogP contribution in [0.15, 0.2) is 24.4 Å². The van der Waals surface area contributed by atoms with Gasteiger partial charge in [0.25, 0.3) is 0 Å². The number of nitrogens with one attached hydrogen (secondary N) is 1. The van der Waals surface area contributed by atoms with Crippen LogP contribution in [0.1, 0.15) is 32.9 Å². The zero-order valence-electron chi connectivity index (χ0n) is 11.3. The summed E-state index contributed by atoms with van der Waals surface area (Å²) in [5.41, 5.74) is 0.539. The maximum absolute atomic E-state index is 11.8. The molecule has 0 bridgehead atoms. The summed E-state index contributed by atoms with van der Waals surface area (Å²) < 4.78 is 0. The minimum atomic E-state index is -0.966. The number of aliphatic hydroxyl groups is 1. The van der Waals surface area contributed by atoms with E-state index in [1.54, 1.807) is 6.20 Å². The van der Waals surface area contributed by atoms with E-state index < -0.39 is 11.5 Å². The van der Waals surface area contributed by atoms with Gasteiger partial charge in [0.2, 0.25) is 5.91 Å². The lowest BCUT2D eigenvalue weighted by atomic mass is 9.83. The molecule has 0 aliphatic carbocycles. The number of rotatable bonds is 6. The molecule has 0 aromatic carbocycles. The van der Waals surface area contributed by atoms with Gasteiger partial charge in [-0.25, -0.2) is 0 Å². The van der Waals surface area contributed by atoms with Crippen molar-refractivity contribution in [3.63, 3.8) is 0 Å². The Hall–Kier alpha value is -1.42. The maximum Gasteiger partial charge on any atom is 0.249 e. The second-order valence-electron chi connectivity index (χ2n) is 5.11. The Labute approximate surface area is 108 Å². The van der Waals surface area contributed by atoms with Crippen molar-refractivity contribution in [3.05, 3.63) is 30.1 Å². The van der Waals surface area contributed by atoms with E-state index in [2.05, 4.69) is 10.3 Å². The topological polar surface area (TPSA) is 62.2 Å². The van der Waals surface area contributed by atoms with Crippen molar-refractivity contribution in [1.82, 2.24) is 10.3 Å². The monoisotopic (exact) mass is 250 g/mol. The van der Waals surface area contributed by atoms with Crippen molar-refractivity contribution < 1.29 is 9.90 Å². The van der Waals surface area contributed by atoms with E-state index in [9.17, 15) is 9.90 Å². The van der Waals surface area contributed by atoms with Crippen LogP contribution >= 0.6 is 0 Å². The highest BCUT2D eigenvalue weighted by Gasteiger charge is 2.31. The average Bonchev–Trinajstić information content (AvgIpc) is 2.39. The highest BCUT2D eigenvalue weighted by Crippen LogP contribution is 2.24. The van der Waals surface area contributed by atoms with Gasteiger partial charge in [0.1, 0.15) is 6.10 Å². The normalized spacial score (nSPS) is 13.1. The van der Waals surface area contributed by atoms with Gasteiger partial charge < -0.3 is 10.4 Å². The smallest absolute Gasteiger partial charge is 0.249 e. The van der Waals surface area contributed by atoms with E-state index in [0.717, 1.165) is 12.1 Å². The quantitative estimate of drug-likeness (QED) is 0.805. The van der Waals surface area contributed by atoms with Crippen LogP contribution in [-0.2, 0) is 11.2 Å². The molecule has 1 aromatic rings. The largest absolute Gasteiger partial charge is 0.383 e. The van der Waals surface area contributed by atoms with Crippen molar-refractivity contribution in [3.8, 4) is 0 Å². The molecule has 100 valence electrons. The Balaban J connectivity index is 2.38. The second-order valence-corrected chi connectivity index (χ2v) is 5.11. The van der Waals surface area contributed by atoms with E-state index in [0.29, 0.717) is 13.0 Å². The van der Waals surface area contributed by atoms with Gasteiger partial charge in [-0.3, -0.25) is 9.78 Å². The van der Waals surface area contributed by atoms with Gasteiger partial charge in [0, 0.05) is 24.9 Å². The van der Waals surface area contributed by atoms with Crippen LogP contribution in [0.2, 0.25) is 0 Å². The Morgan fingerprint density at radius 3 is 2.78 bits per heavy atom. The van der Waals surface area contributed by atoms with Crippen molar-refractivity contribution in [2.75, 3.05) is 6.54 Å². The number of aromatic nitrogens is 1. The first kappa shape index (κ1) is 14.6. The molecule has 2 N–H and O–H groups in total. The van der Waals surface area contributed by atoms with Crippen molar-refractivity contribution in [2.24, 2.45) is 5.41 Å². The van der Waals surface area contributed by atoms with Crippen molar-refractivity contribution >= 4 is 5.91 Å². The summed E-state index contributed by atoms with van der Waals surface area (Å²) in [5.74, 6) is -0.308. The van der Waals surface area contributed by atoms with Crippen LogP contribution < -0.4 is 5.32 Å². The third-order valence-corrected chi connectivity index (χ3v) is 3.31.